The van der Waals surface area contributed by atoms with E-state index in [0.29, 0.717) is 25.6 Å². The molecule has 0 bridgehead atoms. The van der Waals surface area contributed by atoms with Crippen LogP contribution in [0.15, 0.2) is 30.3 Å². The number of nitrogens with one attached hydrogen (secondary N) is 1. The van der Waals surface area contributed by atoms with Gasteiger partial charge in [0.15, 0.2) is 5.60 Å². The van der Waals surface area contributed by atoms with Gasteiger partial charge in [0.05, 0.1) is 0 Å². The first-order valence-corrected chi connectivity index (χ1v) is 9.46. The molecule has 24 heavy (non-hydrogen) atoms. The van der Waals surface area contributed by atoms with Crippen molar-refractivity contribution in [2.75, 3.05) is 19.6 Å². The number of carbonyl (C=O) groups excluding carboxylic acids is 1. The van der Waals surface area contributed by atoms with Crippen LogP contribution in [0.2, 0.25) is 0 Å². The summed E-state index contributed by atoms with van der Waals surface area (Å²) in [6, 6.07) is 10.7. The van der Waals surface area contributed by atoms with Gasteiger partial charge in [-0.25, -0.2) is 0 Å². The van der Waals surface area contributed by atoms with E-state index in [1.165, 1.54) is 37.7 Å². The van der Waals surface area contributed by atoms with Crippen LogP contribution in [-0.4, -0.2) is 47.2 Å². The Balaban J connectivity index is 1.52. The molecule has 4 heteroatoms. The monoisotopic (exact) mass is 330 g/mol. The van der Waals surface area contributed by atoms with Gasteiger partial charge in [0.2, 0.25) is 0 Å². The predicted octanol–water partition coefficient (Wildman–Crippen LogP) is 2.50. The second kappa shape index (κ2) is 8.13. The van der Waals surface area contributed by atoms with Gasteiger partial charge in [0, 0.05) is 25.7 Å². The number of amides is 1. The van der Waals surface area contributed by atoms with Gasteiger partial charge in [0.25, 0.3) is 5.91 Å². The summed E-state index contributed by atoms with van der Waals surface area (Å²) in [6.07, 6.45) is 8.47. The molecule has 4 nitrogen and oxygen atoms in total. The number of rotatable bonds is 6. The first-order valence-electron chi connectivity index (χ1n) is 9.46. The third-order valence-electron chi connectivity index (χ3n) is 5.51. The highest BCUT2D eigenvalue weighted by Crippen LogP contribution is 2.24. The van der Waals surface area contributed by atoms with Gasteiger partial charge in [-0.3, -0.25) is 4.79 Å². The normalized spacial score (nSPS) is 25.9. The summed E-state index contributed by atoms with van der Waals surface area (Å²) in [4.78, 5) is 14.6. The molecule has 1 aromatic rings. The van der Waals surface area contributed by atoms with Crippen molar-refractivity contribution in [3.8, 4) is 0 Å². The van der Waals surface area contributed by atoms with E-state index in [0.717, 1.165) is 19.4 Å². The molecule has 0 aromatic heterocycles. The van der Waals surface area contributed by atoms with Crippen molar-refractivity contribution in [3.05, 3.63) is 35.9 Å². The summed E-state index contributed by atoms with van der Waals surface area (Å²) in [5.74, 6) is -0.0898. The van der Waals surface area contributed by atoms with Gasteiger partial charge in [-0.1, -0.05) is 49.6 Å². The van der Waals surface area contributed by atoms with Crippen LogP contribution in [0.3, 0.4) is 0 Å². The van der Waals surface area contributed by atoms with E-state index in [-0.39, 0.29) is 5.91 Å². The van der Waals surface area contributed by atoms with Crippen LogP contribution in [0.5, 0.6) is 0 Å². The molecule has 1 aliphatic carbocycles. The summed E-state index contributed by atoms with van der Waals surface area (Å²) in [5, 5.41) is 14.3. The highest BCUT2D eigenvalue weighted by molar-refractivity contribution is 5.86. The Bertz CT molecular complexity index is 528. The molecule has 0 unspecified atom stereocenters. The summed E-state index contributed by atoms with van der Waals surface area (Å²) >= 11 is 0. The lowest BCUT2D eigenvalue weighted by atomic mass is 9.89. The SMILES string of the molecule is O=C1N(CCc2ccccc2)CCC[C@@]1(O)CNC1CCCCC1. The average molecular weight is 330 g/mol. The first-order chi connectivity index (χ1) is 11.7. The smallest absolute Gasteiger partial charge is 0.255 e. The molecule has 1 saturated heterocycles. The second-order valence-electron chi connectivity index (χ2n) is 7.38. The number of carbonyl (C=O) groups is 1. The van der Waals surface area contributed by atoms with E-state index >= 15 is 0 Å². The van der Waals surface area contributed by atoms with E-state index < -0.39 is 5.60 Å². The van der Waals surface area contributed by atoms with Crippen molar-refractivity contribution in [2.24, 2.45) is 0 Å². The zero-order chi connectivity index (χ0) is 16.8. The van der Waals surface area contributed by atoms with Gasteiger partial charge in [-0.05, 0) is 37.7 Å². The van der Waals surface area contributed by atoms with Crippen molar-refractivity contribution in [1.29, 1.82) is 0 Å². The third-order valence-corrected chi connectivity index (χ3v) is 5.51. The summed E-state index contributed by atoms with van der Waals surface area (Å²) in [5.41, 5.74) is 0.0200. The third kappa shape index (κ3) is 4.37. The molecule has 1 aliphatic heterocycles. The highest BCUT2D eigenvalue weighted by Gasteiger charge is 2.42. The minimum absolute atomic E-state index is 0.0898. The Morgan fingerprint density at radius 3 is 2.62 bits per heavy atom. The standard InChI is InChI=1S/C20H30N2O2/c23-19-20(24,16-21-18-10-5-2-6-11-18)13-7-14-22(19)15-12-17-8-3-1-4-9-17/h1,3-4,8-9,18,21,24H,2,5-7,10-16H2/t20-/m1/s1. The number of nitrogens with zero attached hydrogens (tertiary/aromatic N) is 1. The van der Waals surface area contributed by atoms with Crippen LogP contribution < -0.4 is 5.32 Å². The quantitative estimate of drug-likeness (QED) is 0.843. The number of aliphatic hydroxyl groups is 1. The van der Waals surface area contributed by atoms with Crippen molar-refractivity contribution in [1.82, 2.24) is 10.2 Å². The van der Waals surface area contributed by atoms with Gasteiger partial charge >= 0.3 is 0 Å². The minimum Gasteiger partial charge on any atom is -0.379 e. The molecule has 1 atom stereocenters. The maximum atomic E-state index is 12.8. The fourth-order valence-corrected chi connectivity index (χ4v) is 3.97. The van der Waals surface area contributed by atoms with Crippen LogP contribution in [0.1, 0.15) is 50.5 Å². The van der Waals surface area contributed by atoms with E-state index in [2.05, 4.69) is 17.4 Å². The van der Waals surface area contributed by atoms with Gasteiger partial charge in [0.1, 0.15) is 0 Å². The molecular weight excluding hydrogens is 300 g/mol. The van der Waals surface area contributed by atoms with E-state index in [1.54, 1.807) is 0 Å². The number of benzene rings is 1. The van der Waals surface area contributed by atoms with E-state index in [1.807, 2.05) is 23.1 Å². The summed E-state index contributed by atoms with van der Waals surface area (Å²) < 4.78 is 0. The molecule has 1 amide bonds. The fourth-order valence-electron chi connectivity index (χ4n) is 3.97. The van der Waals surface area contributed by atoms with Gasteiger partial charge < -0.3 is 15.3 Å². The van der Waals surface area contributed by atoms with Crippen molar-refractivity contribution < 1.29 is 9.90 Å². The van der Waals surface area contributed by atoms with Crippen LogP contribution in [0.25, 0.3) is 0 Å². The molecule has 1 aromatic carbocycles. The number of hydrogen-bond acceptors (Lipinski definition) is 3. The van der Waals surface area contributed by atoms with Crippen LogP contribution in [0, 0.1) is 0 Å². The average Bonchev–Trinajstić information content (AvgIpc) is 2.63. The lowest BCUT2D eigenvalue weighted by Crippen LogP contribution is -2.59. The Kier molecular flexibility index (Phi) is 5.90. The minimum atomic E-state index is -1.22. The molecule has 0 radical (unpaired) electrons. The van der Waals surface area contributed by atoms with Gasteiger partial charge in [-0.15, -0.1) is 0 Å². The molecule has 3 rings (SSSR count). The molecule has 2 aliphatic rings. The molecule has 2 N–H and O–H groups in total. The molecule has 0 spiro atoms. The number of piperidine rings is 1. The topological polar surface area (TPSA) is 52.6 Å². The second-order valence-corrected chi connectivity index (χ2v) is 7.38. The fraction of sp³-hybridized carbons (Fsp3) is 0.650. The Morgan fingerprint density at radius 1 is 1.12 bits per heavy atom. The van der Waals surface area contributed by atoms with Crippen molar-refractivity contribution in [3.63, 3.8) is 0 Å². The highest BCUT2D eigenvalue weighted by atomic mass is 16.3. The summed E-state index contributed by atoms with van der Waals surface area (Å²) in [7, 11) is 0. The Hall–Kier alpha value is -1.39. The molecular formula is C20H30N2O2. The maximum absolute atomic E-state index is 12.8. The molecule has 132 valence electrons. The van der Waals surface area contributed by atoms with Crippen molar-refractivity contribution >= 4 is 5.91 Å². The van der Waals surface area contributed by atoms with Crippen LogP contribution in [-0.2, 0) is 11.2 Å². The molecule has 1 heterocycles. The van der Waals surface area contributed by atoms with Gasteiger partial charge in [-0.2, -0.15) is 0 Å². The number of hydrogen-bond donors (Lipinski definition) is 2. The largest absolute Gasteiger partial charge is 0.379 e. The molecule has 1 saturated carbocycles. The number of likely N-dealkylation sites (tertiary alicyclic amines) is 1. The van der Waals surface area contributed by atoms with E-state index in [4.69, 9.17) is 0 Å². The van der Waals surface area contributed by atoms with Crippen LogP contribution in [0.4, 0.5) is 0 Å². The Labute approximate surface area is 145 Å². The zero-order valence-corrected chi connectivity index (χ0v) is 14.5. The predicted molar refractivity (Wildman–Crippen MR) is 95.8 cm³/mol. The lowest BCUT2D eigenvalue weighted by molar-refractivity contribution is -0.156. The zero-order valence-electron chi connectivity index (χ0n) is 14.5. The van der Waals surface area contributed by atoms with E-state index in [9.17, 15) is 9.90 Å². The summed E-state index contributed by atoms with van der Waals surface area (Å²) in [6.45, 7) is 1.85. The lowest BCUT2D eigenvalue weighted by Gasteiger charge is -2.39. The Morgan fingerprint density at radius 2 is 1.88 bits per heavy atom. The first kappa shape index (κ1) is 17.4. The van der Waals surface area contributed by atoms with Crippen molar-refractivity contribution in [2.45, 2.75) is 63.0 Å². The maximum Gasteiger partial charge on any atom is 0.255 e. The van der Waals surface area contributed by atoms with Crippen LogP contribution >= 0.6 is 0 Å². The molecule has 2 fully saturated rings.